The third-order valence-electron chi connectivity index (χ3n) is 4.89. The maximum absolute atomic E-state index is 13.3. The van der Waals surface area contributed by atoms with E-state index in [0.717, 1.165) is 41.0 Å². The normalized spacial score (nSPS) is 15.6. The quantitative estimate of drug-likeness (QED) is 0.596. The lowest BCUT2D eigenvalue weighted by atomic mass is 10.2. The summed E-state index contributed by atoms with van der Waals surface area (Å²) in [6.45, 7) is 7.16. The average Bonchev–Trinajstić information content (AvgIpc) is 3.13. The van der Waals surface area contributed by atoms with Crippen LogP contribution in [0, 0.1) is 12.7 Å². The van der Waals surface area contributed by atoms with Crippen LogP contribution in [-0.2, 0) is 4.74 Å². The number of hydrogen-bond acceptors (Lipinski definition) is 5. The molecule has 0 radical (unpaired) electrons. The number of rotatable bonds is 5. The van der Waals surface area contributed by atoms with Crippen molar-refractivity contribution in [2.75, 3.05) is 31.2 Å². The summed E-state index contributed by atoms with van der Waals surface area (Å²) in [5.74, 6) is 0.616. The SMILES string of the molecule is Cc1ccccc1-n1c(SC(C)c2ccc(F)cc2)nnc1N1CCOCC1. The zero-order chi connectivity index (χ0) is 19.5. The van der Waals surface area contributed by atoms with Gasteiger partial charge in [-0.15, -0.1) is 10.2 Å². The lowest BCUT2D eigenvalue weighted by molar-refractivity contribution is 0.122. The monoisotopic (exact) mass is 398 g/mol. The first-order chi connectivity index (χ1) is 13.6. The van der Waals surface area contributed by atoms with Crippen molar-refractivity contribution in [1.29, 1.82) is 0 Å². The molecule has 1 aromatic heterocycles. The Morgan fingerprint density at radius 2 is 1.75 bits per heavy atom. The third-order valence-corrected chi connectivity index (χ3v) is 5.99. The second kappa shape index (κ2) is 8.32. The molecule has 1 aliphatic rings. The number of halogens is 1. The van der Waals surface area contributed by atoms with E-state index in [0.29, 0.717) is 13.2 Å². The fraction of sp³-hybridized carbons (Fsp3) is 0.333. The molecule has 0 amide bonds. The van der Waals surface area contributed by atoms with Gasteiger partial charge in [-0.1, -0.05) is 42.1 Å². The van der Waals surface area contributed by atoms with E-state index in [4.69, 9.17) is 4.74 Å². The smallest absolute Gasteiger partial charge is 0.232 e. The van der Waals surface area contributed by atoms with Crippen LogP contribution in [0.3, 0.4) is 0 Å². The van der Waals surface area contributed by atoms with Crippen LogP contribution in [0.4, 0.5) is 10.3 Å². The van der Waals surface area contributed by atoms with Crippen molar-refractivity contribution in [3.63, 3.8) is 0 Å². The molecule has 1 unspecified atom stereocenters. The lowest BCUT2D eigenvalue weighted by Crippen LogP contribution is -2.38. The molecule has 1 fully saturated rings. The van der Waals surface area contributed by atoms with Crippen LogP contribution >= 0.6 is 11.8 Å². The molecule has 7 heteroatoms. The van der Waals surface area contributed by atoms with Gasteiger partial charge in [0.2, 0.25) is 5.95 Å². The van der Waals surface area contributed by atoms with Gasteiger partial charge in [0, 0.05) is 18.3 Å². The average molecular weight is 399 g/mol. The number of ether oxygens (including phenoxy) is 1. The highest BCUT2D eigenvalue weighted by molar-refractivity contribution is 7.99. The van der Waals surface area contributed by atoms with Crippen molar-refractivity contribution in [2.24, 2.45) is 0 Å². The fourth-order valence-corrected chi connectivity index (χ4v) is 4.27. The Balaban J connectivity index is 1.71. The van der Waals surface area contributed by atoms with Crippen molar-refractivity contribution in [2.45, 2.75) is 24.3 Å². The molecule has 28 heavy (non-hydrogen) atoms. The van der Waals surface area contributed by atoms with Crippen LogP contribution < -0.4 is 4.90 Å². The molecular weight excluding hydrogens is 375 g/mol. The number of aryl methyl sites for hydroxylation is 1. The summed E-state index contributed by atoms with van der Waals surface area (Å²) in [5, 5.41) is 9.97. The third kappa shape index (κ3) is 3.91. The summed E-state index contributed by atoms with van der Waals surface area (Å²) < 4.78 is 20.9. The number of nitrogens with zero attached hydrogens (tertiary/aromatic N) is 4. The molecule has 0 bridgehead atoms. The van der Waals surface area contributed by atoms with Crippen LogP contribution in [0.1, 0.15) is 23.3 Å². The van der Waals surface area contributed by atoms with E-state index >= 15 is 0 Å². The van der Waals surface area contributed by atoms with Gasteiger partial charge in [0.25, 0.3) is 0 Å². The zero-order valence-electron chi connectivity index (χ0n) is 16.0. The molecule has 5 nitrogen and oxygen atoms in total. The summed E-state index contributed by atoms with van der Waals surface area (Å²) in [6.07, 6.45) is 0. The van der Waals surface area contributed by atoms with E-state index < -0.39 is 0 Å². The van der Waals surface area contributed by atoms with E-state index in [1.807, 2.05) is 24.3 Å². The van der Waals surface area contributed by atoms with Crippen molar-refractivity contribution < 1.29 is 9.13 Å². The maximum Gasteiger partial charge on any atom is 0.232 e. The molecule has 1 saturated heterocycles. The molecule has 1 atom stereocenters. The van der Waals surface area contributed by atoms with E-state index in [-0.39, 0.29) is 11.1 Å². The summed E-state index contributed by atoms with van der Waals surface area (Å²) >= 11 is 1.63. The first-order valence-corrected chi connectivity index (χ1v) is 10.3. The lowest BCUT2D eigenvalue weighted by Gasteiger charge is -2.28. The minimum Gasteiger partial charge on any atom is -0.378 e. The topological polar surface area (TPSA) is 43.2 Å². The highest BCUT2D eigenvalue weighted by Gasteiger charge is 2.24. The van der Waals surface area contributed by atoms with E-state index in [1.165, 1.54) is 12.1 Å². The number of thioether (sulfide) groups is 1. The first-order valence-electron chi connectivity index (χ1n) is 9.39. The van der Waals surface area contributed by atoms with Gasteiger partial charge in [0.1, 0.15) is 5.82 Å². The molecular formula is C21H23FN4OS. The predicted molar refractivity (Wildman–Crippen MR) is 110 cm³/mol. The van der Waals surface area contributed by atoms with Gasteiger partial charge in [-0.2, -0.15) is 0 Å². The number of aromatic nitrogens is 3. The summed E-state index contributed by atoms with van der Waals surface area (Å²) in [5.41, 5.74) is 3.29. The number of hydrogen-bond donors (Lipinski definition) is 0. The highest BCUT2D eigenvalue weighted by Crippen LogP contribution is 2.37. The van der Waals surface area contributed by atoms with Crippen molar-refractivity contribution in [1.82, 2.24) is 14.8 Å². The molecule has 0 N–H and O–H groups in total. The summed E-state index contributed by atoms with van der Waals surface area (Å²) in [4.78, 5) is 2.22. The molecule has 146 valence electrons. The highest BCUT2D eigenvalue weighted by atomic mass is 32.2. The van der Waals surface area contributed by atoms with Crippen molar-refractivity contribution in [3.05, 3.63) is 65.5 Å². The van der Waals surface area contributed by atoms with Crippen LogP contribution in [0.5, 0.6) is 0 Å². The zero-order valence-corrected chi connectivity index (χ0v) is 16.8. The molecule has 2 aromatic carbocycles. The van der Waals surface area contributed by atoms with Gasteiger partial charge in [-0.05, 0) is 43.2 Å². The number of anilines is 1. The Labute approximate surface area is 168 Å². The second-order valence-electron chi connectivity index (χ2n) is 6.82. The van der Waals surface area contributed by atoms with Gasteiger partial charge < -0.3 is 9.64 Å². The molecule has 0 saturated carbocycles. The molecule has 1 aliphatic heterocycles. The van der Waals surface area contributed by atoms with Gasteiger partial charge in [-0.3, -0.25) is 4.57 Å². The number of para-hydroxylation sites is 1. The Morgan fingerprint density at radius 3 is 2.46 bits per heavy atom. The molecule has 4 rings (SSSR count). The number of benzene rings is 2. The van der Waals surface area contributed by atoms with Crippen molar-refractivity contribution in [3.8, 4) is 5.69 Å². The largest absolute Gasteiger partial charge is 0.378 e. The first kappa shape index (κ1) is 19.0. The number of morpholine rings is 1. The summed E-state index contributed by atoms with van der Waals surface area (Å²) in [6, 6.07) is 14.9. The van der Waals surface area contributed by atoms with Crippen LogP contribution in [0.2, 0.25) is 0 Å². The van der Waals surface area contributed by atoms with Crippen molar-refractivity contribution >= 4 is 17.7 Å². The van der Waals surface area contributed by atoms with Gasteiger partial charge in [0.05, 0.1) is 18.9 Å². The Hall–Kier alpha value is -2.38. The fourth-order valence-electron chi connectivity index (χ4n) is 3.29. The van der Waals surface area contributed by atoms with Crippen LogP contribution in [0.25, 0.3) is 5.69 Å². The maximum atomic E-state index is 13.3. The van der Waals surface area contributed by atoms with Crippen LogP contribution in [0.15, 0.2) is 53.7 Å². The Morgan fingerprint density at radius 1 is 1.04 bits per heavy atom. The van der Waals surface area contributed by atoms with E-state index in [9.17, 15) is 4.39 Å². The molecule has 0 aliphatic carbocycles. The minimum atomic E-state index is -0.223. The predicted octanol–water partition coefficient (Wildman–Crippen LogP) is 4.40. The molecule has 3 aromatic rings. The molecule has 0 spiro atoms. The standard InChI is InChI=1S/C21H23FN4OS/c1-15-5-3-4-6-19(15)26-20(25-11-13-27-14-12-25)23-24-21(26)28-16(2)17-7-9-18(22)10-8-17/h3-10,16H,11-14H2,1-2H3. The van der Waals surface area contributed by atoms with Gasteiger partial charge >= 0.3 is 0 Å². The van der Waals surface area contributed by atoms with Gasteiger partial charge in [0.15, 0.2) is 5.16 Å². The van der Waals surface area contributed by atoms with E-state index in [2.05, 4.69) is 45.6 Å². The Kier molecular flexibility index (Phi) is 5.64. The second-order valence-corrected chi connectivity index (χ2v) is 8.12. The van der Waals surface area contributed by atoms with Crippen LogP contribution in [-0.4, -0.2) is 41.1 Å². The molecule has 2 heterocycles. The van der Waals surface area contributed by atoms with Gasteiger partial charge in [-0.25, -0.2) is 4.39 Å². The Bertz CT molecular complexity index is 938. The summed E-state index contributed by atoms with van der Waals surface area (Å²) in [7, 11) is 0. The minimum absolute atomic E-state index is 0.116. The van der Waals surface area contributed by atoms with E-state index in [1.54, 1.807) is 11.8 Å².